The minimum atomic E-state index is -0.705. The molecule has 0 spiro atoms. The van der Waals surface area contributed by atoms with Crippen molar-refractivity contribution >= 4 is 6.08 Å². The van der Waals surface area contributed by atoms with Gasteiger partial charge in [0.2, 0.25) is 5.75 Å². The molecule has 0 atom stereocenters. The summed E-state index contributed by atoms with van der Waals surface area (Å²) in [7, 11) is 3.13. The number of methoxy groups -OCH3 is 2. The molecular formula is C21H30O6. The highest BCUT2D eigenvalue weighted by Gasteiger charge is 2.14. The van der Waals surface area contributed by atoms with E-state index in [1.807, 2.05) is 31.2 Å². The highest BCUT2D eigenvalue weighted by atomic mass is 17.1. The Balaban J connectivity index is 2.82. The summed E-state index contributed by atoms with van der Waals surface area (Å²) in [6, 6.07) is 3.64. The Bertz CT molecular complexity index is 648. The highest BCUT2D eigenvalue weighted by Crippen LogP contribution is 2.39. The van der Waals surface area contributed by atoms with E-state index in [1.54, 1.807) is 46.3 Å². The first-order valence-electron chi connectivity index (χ1n) is 8.69. The largest absolute Gasteiger partial charge is 0.493 e. The van der Waals surface area contributed by atoms with Crippen molar-refractivity contribution in [2.24, 2.45) is 0 Å². The van der Waals surface area contributed by atoms with E-state index in [4.69, 9.17) is 24.6 Å². The molecular weight excluding hydrogens is 348 g/mol. The van der Waals surface area contributed by atoms with Crippen LogP contribution in [0.25, 0.3) is 6.08 Å². The maximum absolute atomic E-state index is 8.92. The molecule has 27 heavy (non-hydrogen) atoms. The maximum Gasteiger partial charge on any atom is 0.203 e. The summed E-state index contributed by atoms with van der Waals surface area (Å²) in [6.07, 6.45) is 9.84. The SMILES string of the molecule is COc1cc(/C=C/CO)cc(OC)c1OC/C=C(\C)C/C=C/C(C)(C)OO. The molecule has 0 aromatic heterocycles. The van der Waals surface area contributed by atoms with Crippen LogP contribution in [0.5, 0.6) is 17.2 Å². The second-order valence-electron chi connectivity index (χ2n) is 6.50. The van der Waals surface area contributed by atoms with Crippen LogP contribution >= 0.6 is 0 Å². The van der Waals surface area contributed by atoms with Gasteiger partial charge in [0.1, 0.15) is 12.2 Å². The molecule has 0 saturated heterocycles. The third kappa shape index (κ3) is 7.86. The molecule has 0 heterocycles. The van der Waals surface area contributed by atoms with E-state index in [-0.39, 0.29) is 6.61 Å². The zero-order valence-electron chi connectivity index (χ0n) is 16.7. The Hall–Kier alpha value is -2.28. The number of allylic oxidation sites excluding steroid dienone is 2. The fourth-order valence-electron chi connectivity index (χ4n) is 2.24. The standard InChI is InChI=1S/C21H30O6/c1-16(8-6-11-21(2,3)27-23)10-13-26-20-18(24-4)14-17(9-7-12-22)15-19(20)25-5/h6-7,9-11,14-15,22-23H,8,12-13H2,1-5H3/b9-7+,11-6+,16-10+. The minimum Gasteiger partial charge on any atom is -0.493 e. The first kappa shape index (κ1) is 22.8. The van der Waals surface area contributed by atoms with Gasteiger partial charge < -0.3 is 19.3 Å². The lowest BCUT2D eigenvalue weighted by Crippen LogP contribution is -2.18. The number of benzene rings is 1. The summed E-state index contributed by atoms with van der Waals surface area (Å²) >= 11 is 0. The highest BCUT2D eigenvalue weighted by molar-refractivity contribution is 5.62. The van der Waals surface area contributed by atoms with Gasteiger partial charge in [0.05, 0.1) is 20.8 Å². The van der Waals surface area contributed by atoms with Gasteiger partial charge in [-0.05, 0) is 51.0 Å². The molecule has 0 unspecified atom stereocenters. The number of rotatable bonds is 11. The van der Waals surface area contributed by atoms with Gasteiger partial charge in [0.15, 0.2) is 11.5 Å². The molecule has 1 aromatic rings. The molecule has 0 radical (unpaired) electrons. The molecule has 0 saturated carbocycles. The van der Waals surface area contributed by atoms with Gasteiger partial charge in [-0.15, -0.1) is 0 Å². The van der Waals surface area contributed by atoms with E-state index in [0.717, 1.165) is 17.6 Å². The number of aliphatic hydroxyl groups is 1. The van der Waals surface area contributed by atoms with Gasteiger partial charge in [0.25, 0.3) is 0 Å². The van der Waals surface area contributed by atoms with Crippen LogP contribution in [0.1, 0.15) is 32.8 Å². The van der Waals surface area contributed by atoms with Gasteiger partial charge in [-0.3, -0.25) is 5.26 Å². The van der Waals surface area contributed by atoms with Crippen molar-refractivity contribution in [3.8, 4) is 17.2 Å². The van der Waals surface area contributed by atoms with E-state index in [1.165, 1.54) is 0 Å². The number of ether oxygens (including phenoxy) is 3. The fraction of sp³-hybridized carbons (Fsp3) is 0.429. The van der Waals surface area contributed by atoms with Crippen LogP contribution in [0.3, 0.4) is 0 Å². The molecule has 0 fully saturated rings. The third-order valence-electron chi connectivity index (χ3n) is 3.75. The minimum absolute atomic E-state index is 0.0387. The zero-order valence-corrected chi connectivity index (χ0v) is 16.7. The van der Waals surface area contributed by atoms with Gasteiger partial charge >= 0.3 is 0 Å². The molecule has 0 amide bonds. The summed E-state index contributed by atoms with van der Waals surface area (Å²) in [5, 5.41) is 17.7. The van der Waals surface area contributed by atoms with Crippen molar-refractivity contribution in [1.82, 2.24) is 0 Å². The van der Waals surface area contributed by atoms with Crippen LogP contribution < -0.4 is 14.2 Å². The first-order chi connectivity index (χ1) is 12.9. The van der Waals surface area contributed by atoms with E-state index in [2.05, 4.69) is 4.89 Å². The Morgan fingerprint density at radius 2 is 1.74 bits per heavy atom. The summed E-state index contributed by atoms with van der Waals surface area (Å²) in [5.74, 6) is 1.63. The number of hydrogen-bond donors (Lipinski definition) is 2. The average molecular weight is 378 g/mol. The van der Waals surface area contributed by atoms with Crippen LogP contribution in [0, 0.1) is 0 Å². The lowest BCUT2D eigenvalue weighted by molar-refractivity contribution is -0.297. The second-order valence-corrected chi connectivity index (χ2v) is 6.50. The molecule has 1 rings (SSSR count). The normalized spacial score (nSPS) is 12.8. The van der Waals surface area contributed by atoms with E-state index in [0.29, 0.717) is 23.9 Å². The molecule has 0 aliphatic heterocycles. The monoisotopic (exact) mass is 378 g/mol. The molecule has 0 bridgehead atoms. The predicted molar refractivity (Wildman–Crippen MR) is 106 cm³/mol. The van der Waals surface area contributed by atoms with E-state index < -0.39 is 5.60 Å². The number of hydrogen-bond acceptors (Lipinski definition) is 6. The second kappa shape index (κ2) is 11.4. The maximum atomic E-state index is 8.92. The van der Waals surface area contributed by atoms with Crippen molar-refractivity contribution in [3.63, 3.8) is 0 Å². The number of aliphatic hydroxyl groups excluding tert-OH is 1. The molecule has 0 aliphatic carbocycles. The smallest absolute Gasteiger partial charge is 0.203 e. The Kier molecular flexibility index (Phi) is 9.64. The van der Waals surface area contributed by atoms with Crippen LogP contribution in [-0.4, -0.2) is 43.4 Å². The topological polar surface area (TPSA) is 77.4 Å². The Labute approximate surface area is 161 Å². The van der Waals surface area contributed by atoms with Crippen LogP contribution in [0.4, 0.5) is 0 Å². The summed E-state index contributed by atoms with van der Waals surface area (Å²) < 4.78 is 16.7. The zero-order chi connectivity index (χ0) is 20.3. The first-order valence-corrected chi connectivity index (χ1v) is 8.69. The lowest BCUT2D eigenvalue weighted by Gasteiger charge is -2.15. The van der Waals surface area contributed by atoms with Crippen molar-refractivity contribution < 1.29 is 29.5 Å². The van der Waals surface area contributed by atoms with Crippen molar-refractivity contribution in [2.75, 3.05) is 27.4 Å². The molecule has 1 aromatic carbocycles. The van der Waals surface area contributed by atoms with Crippen LogP contribution in [-0.2, 0) is 4.89 Å². The molecule has 150 valence electrons. The van der Waals surface area contributed by atoms with E-state index >= 15 is 0 Å². The Morgan fingerprint density at radius 3 is 2.26 bits per heavy atom. The van der Waals surface area contributed by atoms with Gasteiger partial charge in [0, 0.05) is 0 Å². The van der Waals surface area contributed by atoms with Crippen molar-refractivity contribution in [3.05, 3.63) is 47.6 Å². The molecule has 2 N–H and O–H groups in total. The quantitative estimate of drug-likeness (QED) is 0.341. The molecule has 0 aliphatic rings. The third-order valence-corrected chi connectivity index (χ3v) is 3.75. The predicted octanol–water partition coefficient (Wildman–Crippen LogP) is 4.25. The van der Waals surface area contributed by atoms with Crippen molar-refractivity contribution in [1.29, 1.82) is 0 Å². The molecule has 6 heteroatoms. The summed E-state index contributed by atoms with van der Waals surface area (Å²) in [6.45, 7) is 5.85. The molecule has 6 nitrogen and oxygen atoms in total. The average Bonchev–Trinajstić information content (AvgIpc) is 2.66. The van der Waals surface area contributed by atoms with E-state index in [9.17, 15) is 0 Å². The van der Waals surface area contributed by atoms with Gasteiger partial charge in [-0.1, -0.05) is 29.9 Å². The van der Waals surface area contributed by atoms with Crippen molar-refractivity contribution in [2.45, 2.75) is 32.8 Å². The van der Waals surface area contributed by atoms with Gasteiger partial charge in [-0.25, -0.2) is 4.89 Å². The lowest BCUT2D eigenvalue weighted by atomic mass is 10.1. The van der Waals surface area contributed by atoms with Crippen LogP contribution in [0.15, 0.2) is 42.0 Å². The van der Waals surface area contributed by atoms with Crippen LogP contribution in [0.2, 0.25) is 0 Å². The Morgan fingerprint density at radius 1 is 1.11 bits per heavy atom. The fourth-order valence-corrected chi connectivity index (χ4v) is 2.24. The summed E-state index contributed by atoms with van der Waals surface area (Å²) in [4.78, 5) is 4.37. The summed E-state index contributed by atoms with van der Waals surface area (Å²) in [5.41, 5.74) is 1.25. The van der Waals surface area contributed by atoms with Gasteiger partial charge in [-0.2, -0.15) is 0 Å².